The highest BCUT2D eigenvalue weighted by atomic mass is 16.6. The van der Waals surface area contributed by atoms with E-state index in [9.17, 15) is 14.4 Å². The summed E-state index contributed by atoms with van der Waals surface area (Å²) in [5.41, 5.74) is -2.72. The van der Waals surface area contributed by atoms with Crippen LogP contribution in [0.25, 0.3) is 0 Å². The zero-order valence-corrected chi connectivity index (χ0v) is 20.1. The molecule has 4 heterocycles. The number of ether oxygens (including phenoxy) is 2. The smallest absolute Gasteiger partial charge is 0.313 e. The maximum atomic E-state index is 14.0. The minimum absolute atomic E-state index is 0.0884. The van der Waals surface area contributed by atoms with Gasteiger partial charge in [0.1, 0.15) is 17.6 Å². The highest BCUT2D eigenvalue weighted by molar-refractivity contribution is 5.99. The van der Waals surface area contributed by atoms with E-state index in [1.165, 1.54) is 0 Å². The molecule has 1 spiro atoms. The van der Waals surface area contributed by atoms with Crippen LogP contribution >= 0.6 is 0 Å². The number of nitrogens with zero attached hydrogens (tertiary/aromatic N) is 2. The number of esters is 1. The second-order valence-electron chi connectivity index (χ2n) is 10.7. The fourth-order valence-corrected chi connectivity index (χ4v) is 5.90. The molecule has 0 radical (unpaired) electrons. The average molecular weight is 461 g/mol. The third-order valence-electron chi connectivity index (χ3n) is 7.39. The van der Waals surface area contributed by atoms with Gasteiger partial charge in [-0.05, 0) is 53.4 Å². The minimum atomic E-state index is -1.24. The summed E-state index contributed by atoms with van der Waals surface area (Å²) < 4.78 is 12.2. The number of likely N-dealkylation sites (tertiary alicyclic amines) is 1. The van der Waals surface area contributed by atoms with Gasteiger partial charge >= 0.3 is 5.97 Å². The number of carbonyl (C=O) groups excluding carboxylic acids is 3. The number of carbonyl (C=O) groups is 3. The number of unbranched alkanes of at least 4 members (excludes halogenated alkanes) is 2. The maximum absolute atomic E-state index is 14.0. The topological polar surface area (TPSA) is 96.4 Å². The van der Waals surface area contributed by atoms with E-state index < -0.39 is 40.6 Å². The summed E-state index contributed by atoms with van der Waals surface area (Å²) in [5, 5.41) is 9.14. The quantitative estimate of drug-likeness (QED) is 0.382. The molecule has 0 aromatic heterocycles. The largest absolute Gasteiger partial charge is 0.465 e. The third kappa shape index (κ3) is 3.81. The standard InChI is InChI=1S/C25H36N2O6/c1-23(2,3)27-14-10-12-25-17(18-22(31)32-16-9-6-11-24(18,4)33-25)20(29)26(19(25)21(27)30)13-7-5-8-15-28/h6,10-12,17-19,28H,5,7-9,13-16H2,1-4H3/t17-,18-,19?,24+,25-/m0/s1. The van der Waals surface area contributed by atoms with Crippen LogP contribution in [0.3, 0.4) is 0 Å². The number of cyclic esters (lactones) is 1. The molecule has 0 aliphatic carbocycles. The van der Waals surface area contributed by atoms with E-state index in [-0.39, 0.29) is 25.0 Å². The summed E-state index contributed by atoms with van der Waals surface area (Å²) >= 11 is 0. The van der Waals surface area contributed by atoms with Crippen LogP contribution in [0.4, 0.5) is 0 Å². The van der Waals surface area contributed by atoms with Crippen LogP contribution in [-0.2, 0) is 23.9 Å². The molecule has 0 aromatic rings. The molecule has 182 valence electrons. The lowest BCUT2D eigenvalue weighted by molar-refractivity contribution is -0.161. The van der Waals surface area contributed by atoms with E-state index in [4.69, 9.17) is 14.6 Å². The monoisotopic (exact) mass is 460 g/mol. The molecule has 4 aliphatic rings. The van der Waals surface area contributed by atoms with Crippen molar-refractivity contribution in [3.8, 4) is 0 Å². The molecule has 2 fully saturated rings. The van der Waals surface area contributed by atoms with Gasteiger partial charge in [0, 0.05) is 25.2 Å². The van der Waals surface area contributed by atoms with Gasteiger partial charge in [-0.3, -0.25) is 14.4 Å². The molecule has 0 bridgehead atoms. The van der Waals surface area contributed by atoms with Crippen molar-refractivity contribution in [2.45, 2.75) is 76.2 Å². The van der Waals surface area contributed by atoms with Crippen molar-refractivity contribution in [2.75, 3.05) is 26.3 Å². The van der Waals surface area contributed by atoms with E-state index in [1.807, 2.05) is 52.0 Å². The zero-order valence-electron chi connectivity index (χ0n) is 20.1. The lowest BCUT2D eigenvalue weighted by Crippen LogP contribution is -2.59. The van der Waals surface area contributed by atoms with Crippen molar-refractivity contribution in [3.05, 3.63) is 24.3 Å². The number of rotatable bonds is 5. The van der Waals surface area contributed by atoms with Gasteiger partial charge in [0.25, 0.3) is 0 Å². The summed E-state index contributed by atoms with van der Waals surface area (Å²) in [6, 6.07) is -0.853. The van der Waals surface area contributed by atoms with Crippen molar-refractivity contribution in [2.24, 2.45) is 11.8 Å². The first kappa shape index (κ1) is 24.0. The second-order valence-corrected chi connectivity index (χ2v) is 10.7. The van der Waals surface area contributed by atoms with Crippen molar-refractivity contribution in [1.82, 2.24) is 9.80 Å². The van der Waals surface area contributed by atoms with Crippen molar-refractivity contribution in [3.63, 3.8) is 0 Å². The molecule has 8 heteroatoms. The Balaban J connectivity index is 1.81. The van der Waals surface area contributed by atoms with E-state index >= 15 is 0 Å². The number of amides is 2. The van der Waals surface area contributed by atoms with Gasteiger partial charge in [0.15, 0.2) is 0 Å². The van der Waals surface area contributed by atoms with E-state index in [0.717, 1.165) is 6.42 Å². The summed E-state index contributed by atoms with van der Waals surface area (Å²) in [5.74, 6) is -2.51. The van der Waals surface area contributed by atoms with Gasteiger partial charge in [0.2, 0.25) is 11.8 Å². The molecule has 5 atom stereocenters. The second kappa shape index (κ2) is 8.55. The highest BCUT2D eigenvalue weighted by Crippen LogP contribution is 2.57. The molecule has 1 N–H and O–H groups in total. The Labute approximate surface area is 195 Å². The molecule has 4 aliphatic heterocycles. The van der Waals surface area contributed by atoms with Crippen molar-refractivity contribution < 1.29 is 29.0 Å². The average Bonchev–Trinajstić information content (AvgIpc) is 3.03. The fourth-order valence-electron chi connectivity index (χ4n) is 5.90. The predicted molar refractivity (Wildman–Crippen MR) is 121 cm³/mol. The Hall–Kier alpha value is -2.19. The molecule has 2 saturated heterocycles. The fraction of sp³-hybridized carbons (Fsp3) is 0.720. The van der Waals surface area contributed by atoms with Gasteiger partial charge in [-0.1, -0.05) is 24.3 Å². The van der Waals surface area contributed by atoms with Crippen LogP contribution in [0, 0.1) is 11.8 Å². The Bertz CT molecular complexity index is 877. The highest BCUT2D eigenvalue weighted by Gasteiger charge is 2.74. The van der Waals surface area contributed by atoms with Crippen LogP contribution in [-0.4, -0.2) is 81.8 Å². The Kier molecular flexibility index (Phi) is 6.20. The molecule has 4 rings (SSSR count). The van der Waals surface area contributed by atoms with Crippen molar-refractivity contribution in [1.29, 1.82) is 0 Å². The molecule has 0 aromatic carbocycles. The molecule has 0 saturated carbocycles. The van der Waals surface area contributed by atoms with E-state index in [2.05, 4.69) is 0 Å². The van der Waals surface area contributed by atoms with E-state index in [1.54, 1.807) is 9.80 Å². The lowest BCUT2D eigenvalue weighted by Gasteiger charge is -2.41. The number of hydrogen-bond donors (Lipinski definition) is 1. The first-order chi connectivity index (χ1) is 15.6. The minimum Gasteiger partial charge on any atom is -0.465 e. The van der Waals surface area contributed by atoms with Crippen molar-refractivity contribution >= 4 is 17.8 Å². The number of hydrogen-bond acceptors (Lipinski definition) is 6. The zero-order chi connectivity index (χ0) is 24.0. The summed E-state index contributed by atoms with van der Waals surface area (Å²) in [6.45, 7) is 8.86. The van der Waals surface area contributed by atoms with Gasteiger partial charge < -0.3 is 24.4 Å². The Morgan fingerprint density at radius 1 is 1.06 bits per heavy atom. The number of aliphatic hydroxyl groups is 1. The van der Waals surface area contributed by atoms with Gasteiger partial charge in [0.05, 0.1) is 18.1 Å². The summed E-state index contributed by atoms with van der Waals surface area (Å²) in [7, 11) is 0. The molecule has 2 amide bonds. The van der Waals surface area contributed by atoms with Crippen LogP contribution < -0.4 is 0 Å². The number of aliphatic hydroxyl groups excluding tert-OH is 1. The van der Waals surface area contributed by atoms with Crippen LogP contribution in [0.15, 0.2) is 24.3 Å². The third-order valence-corrected chi connectivity index (χ3v) is 7.39. The molecule has 1 unspecified atom stereocenters. The molecule has 8 nitrogen and oxygen atoms in total. The lowest BCUT2D eigenvalue weighted by atomic mass is 9.74. The van der Waals surface area contributed by atoms with Gasteiger partial charge in [-0.15, -0.1) is 0 Å². The Morgan fingerprint density at radius 2 is 1.82 bits per heavy atom. The van der Waals surface area contributed by atoms with Gasteiger partial charge in [-0.25, -0.2) is 0 Å². The molecular formula is C25H36N2O6. The molecular weight excluding hydrogens is 424 g/mol. The number of fused-ring (bicyclic) bond motifs is 2. The first-order valence-corrected chi connectivity index (χ1v) is 12.0. The predicted octanol–water partition coefficient (Wildman–Crippen LogP) is 1.82. The normalized spacial score (nSPS) is 36.2. The van der Waals surface area contributed by atoms with E-state index in [0.29, 0.717) is 32.4 Å². The SMILES string of the molecule is CC(C)(C)N1CC=C[C@]23O[C@]4(C)C=CCCOC(=O)[C@@H]4[C@H]2C(=O)N(CCCCCO)C3C1=O. The van der Waals surface area contributed by atoms with Crippen LogP contribution in [0.5, 0.6) is 0 Å². The summed E-state index contributed by atoms with van der Waals surface area (Å²) in [6.07, 6.45) is 10.2. The van der Waals surface area contributed by atoms with Crippen LogP contribution in [0.1, 0.15) is 53.4 Å². The Morgan fingerprint density at radius 3 is 2.52 bits per heavy atom. The van der Waals surface area contributed by atoms with Crippen LogP contribution in [0.2, 0.25) is 0 Å². The summed E-state index contributed by atoms with van der Waals surface area (Å²) in [4.78, 5) is 44.5. The first-order valence-electron chi connectivity index (χ1n) is 12.0. The molecule has 33 heavy (non-hydrogen) atoms. The maximum Gasteiger partial charge on any atom is 0.313 e. The van der Waals surface area contributed by atoms with Gasteiger partial charge in [-0.2, -0.15) is 0 Å².